The molecule has 1 aromatic rings. The number of ether oxygens (including phenoxy) is 1. The predicted octanol–water partition coefficient (Wildman–Crippen LogP) is 1.85. The molecule has 2 heterocycles. The van der Waals surface area contributed by atoms with Crippen LogP contribution in [0.2, 0.25) is 0 Å². The number of piperazine rings is 1. The smallest absolute Gasteiger partial charge is 0.320 e. The minimum atomic E-state index is -0.450. The van der Waals surface area contributed by atoms with Crippen LogP contribution in [-0.2, 0) is 9.53 Å². The average molecular weight is 310 g/mol. The molecule has 1 aromatic heterocycles. The Kier molecular flexibility index (Phi) is 5.00. The van der Waals surface area contributed by atoms with Gasteiger partial charge in [-0.1, -0.05) is 6.07 Å². The maximum absolute atomic E-state index is 12.2. The maximum atomic E-state index is 12.2. The molecular weight excluding hydrogens is 288 g/mol. The number of esters is 1. The van der Waals surface area contributed by atoms with Gasteiger partial charge in [-0.15, -0.1) is 11.3 Å². The van der Waals surface area contributed by atoms with E-state index in [1.54, 1.807) is 0 Å². The second-order valence-corrected chi connectivity index (χ2v) is 7.08. The average Bonchev–Trinajstić information content (AvgIpc) is 2.90. The molecule has 2 rings (SSSR count). The van der Waals surface area contributed by atoms with Crippen LogP contribution in [0.15, 0.2) is 17.5 Å². The van der Waals surface area contributed by atoms with Crippen LogP contribution in [-0.4, -0.2) is 60.0 Å². The summed E-state index contributed by atoms with van der Waals surface area (Å²) in [6.45, 7) is 8.59. The zero-order valence-corrected chi connectivity index (χ0v) is 13.6. The van der Waals surface area contributed by atoms with Gasteiger partial charge in [0.15, 0.2) is 0 Å². The molecule has 0 N–H and O–H groups in total. The molecule has 0 saturated carbocycles. The number of carbonyl (C=O) groups is 2. The molecule has 1 aliphatic rings. The van der Waals surface area contributed by atoms with Gasteiger partial charge in [-0.3, -0.25) is 14.5 Å². The third kappa shape index (κ3) is 4.82. The van der Waals surface area contributed by atoms with Crippen LogP contribution in [0.3, 0.4) is 0 Å². The molecule has 6 heteroatoms. The van der Waals surface area contributed by atoms with Gasteiger partial charge in [-0.2, -0.15) is 0 Å². The van der Waals surface area contributed by atoms with Crippen LogP contribution in [0.1, 0.15) is 30.4 Å². The standard InChI is InChI=1S/C15H22N2O3S/c1-15(2,3)20-13(18)11-16-6-8-17(9-7-16)14(19)12-5-4-10-21-12/h4-5,10H,6-9,11H2,1-3H3. The minimum absolute atomic E-state index is 0.0851. The lowest BCUT2D eigenvalue weighted by Gasteiger charge is -2.34. The van der Waals surface area contributed by atoms with Crippen molar-refractivity contribution in [3.05, 3.63) is 22.4 Å². The van der Waals surface area contributed by atoms with Crippen molar-refractivity contribution < 1.29 is 14.3 Å². The summed E-state index contributed by atoms with van der Waals surface area (Å²) in [6, 6.07) is 3.73. The highest BCUT2D eigenvalue weighted by atomic mass is 32.1. The Bertz CT molecular complexity index is 486. The van der Waals surface area contributed by atoms with Crippen LogP contribution >= 0.6 is 11.3 Å². The second-order valence-electron chi connectivity index (χ2n) is 6.13. The van der Waals surface area contributed by atoms with E-state index in [0.29, 0.717) is 26.2 Å². The van der Waals surface area contributed by atoms with Crippen LogP contribution in [0.4, 0.5) is 0 Å². The largest absolute Gasteiger partial charge is 0.459 e. The van der Waals surface area contributed by atoms with E-state index in [2.05, 4.69) is 0 Å². The Morgan fingerprint density at radius 3 is 2.43 bits per heavy atom. The molecule has 0 aliphatic carbocycles. The molecule has 21 heavy (non-hydrogen) atoms. The molecule has 0 atom stereocenters. The summed E-state index contributed by atoms with van der Waals surface area (Å²) in [5.41, 5.74) is -0.450. The number of rotatable bonds is 3. The van der Waals surface area contributed by atoms with Gasteiger partial charge >= 0.3 is 5.97 Å². The lowest BCUT2D eigenvalue weighted by Crippen LogP contribution is -2.50. The summed E-state index contributed by atoms with van der Waals surface area (Å²) in [5, 5.41) is 1.91. The Hall–Kier alpha value is -1.40. The van der Waals surface area contributed by atoms with E-state index >= 15 is 0 Å². The lowest BCUT2D eigenvalue weighted by atomic mass is 10.2. The highest BCUT2D eigenvalue weighted by Gasteiger charge is 2.25. The first-order valence-corrected chi connectivity index (χ1v) is 8.00. The fourth-order valence-corrected chi connectivity index (χ4v) is 2.91. The van der Waals surface area contributed by atoms with Crippen LogP contribution < -0.4 is 0 Å². The van der Waals surface area contributed by atoms with E-state index in [4.69, 9.17) is 4.74 Å². The molecule has 1 amide bonds. The summed E-state index contributed by atoms with van der Waals surface area (Å²) < 4.78 is 5.31. The molecule has 0 aromatic carbocycles. The fourth-order valence-electron chi connectivity index (χ4n) is 2.22. The molecular formula is C15H22N2O3S. The van der Waals surface area contributed by atoms with Crippen LogP contribution in [0, 0.1) is 0 Å². The zero-order chi connectivity index (χ0) is 15.5. The van der Waals surface area contributed by atoms with Gasteiger partial charge in [0, 0.05) is 26.2 Å². The highest BCUT2D eigenvalue weighted by molar-refractivity contribution is 7.12. The fraction of sp³-hybridized carbons (Fsp3) is 0.600. The Balaban J connectivity index is 1.78. The lowest BCUT2D eigenvalue weighted by molar-refractivity contribution is -0.156. The molecule has 0 unspecified atom stereocenters. The van der Waals surface area contributed by atoms with Gasteiger partial charge in [0.1, 0.15) is 5.60 Å². The minimum Gasteiger partial charge on any atom is -0.459 e. The normalized spacial score (nSPS) is 16.8. The van der Waals surface area contributed by atoms with Crippen molar-refractivity contribution in [3.8, 4) is 0 Å². The van der Waals surface area contributed by atoms with Gasteiger partial charge < -0.3 is 9.64 Å². The van der Waals surface area contributed by atoms with Crippen molar-refractivity contribution in [2.24, 2.45) is 0 Å². The third-order valence-electron chi connectivity index (χ3n) is 3.16. The first-order chi connectivity index (χ1) is 9.85. The first-order valence-electron chi connectivity index (χ1n) is 7.12. The van der Waals surface area contributed by atoms with E-state index in [-0.39, 0.29) is 18.4 Å². The van der Waals surface area contributed by atoms with E-state index in [0.717, 1.165) is 4.88 Å². The Labute approximate surface area is 129 Å². The molecule has 1 saturated heterocycles. The van der Waals surface area contributed by atoms with Crippen molar-refractivity contribution in [3.63, 3.8) is 0 Å². The molecule has 1 fully saturated rings. The summed E-state index contributed by atoms with van der Waals surface area (Å²) >= 11 is 1.46. The van der Waals surface area contributed by atoms with Gasteiger partial charge in [-0.25, -0.2) is 0 Å². The summed E-state index contributed by atoms with van der Waals surface area (Å²) in [5.74, 6) is -0.123. The topological polar surface area (TPSA) is 49.9 Å². The number of carbonyl (C=O) groups excluding carboxylic acids is 2. The highest BCUT2D eigenvalue weighted by Crippen LogP contribution is 2.14. The van der Waals surface area contributed by atoms with Gasteiger partial charge in [0.2, 0.25) is 0 Å². The molecule has 5 nitrogen and oxygen atoms in total. The number of nitrogens with zero attached hydrogens (tertiary/aromatic N) is 2. The molecule has 0 bridgehead atoms. The Morgan fingerprint density at radius 1 is 1.24 bits per heavy atom. The Morgan fingerprint density at radius 2 is 1.90 bits per heavy atom. The number of hydrogen-bond donors (Lipinski definition) is 0. The number of thiophene rings is 1. The van der Waals surface area contributed by atoms with Crippen molar-refractivity contribution in [2.75, 3.05) is 32.7 Å². The first kappa shape index (κ1) is 16.0. The van der Waals surface area contributed by atoms with Crippen LogP contribution in [0.5, 0.6) is 0 Å². The second kappa shape index (κ2) is 6.58. The SMILES string of the molecule is CC(C)(C)OC(=O)CN1CCN(C(=O)c2cccs2)CC1. The predicted molar refractivity (Wildman–Crippen MR) is 82.5 cm³/mol. The molecule has 116 valence electrons. The molecule has 1 aliphatic heterocycles. The summed E-state index contributed by atoms with van der Waals surface area (Å²) in [7, 11) is 0. The van der Waals surface area contributed by atoms with Gasteiger partial charge in [-0.05, 0) is 32.2 Å². The van der Waals surface area contributed by atoms with E-state index in [9.17, 15) is 9.59 Å². The van der Waals surface area contributed by atoms with Gasteiger partial charge in [0.25, 0.3) is 5.91 Å². The summed E-state index contributed by atoms with van der Waals surface area (Å²) in [6.07, 6.45) is 0. The van der Waals surface area contributed by atoms with E-state index < -0.39 is 5.60 Å². The van der Waals surface area contributed by atoms with Crippen molar-refractivity contribution >= 4 is 23.2 Å². The number of amides is 1. The summed E-state index contributed by atoms with van der Waals surface area (Å²) in [4.78, 5) is 28.6. The van der Waals surface area contributed by atoms with Gasteiger partial charge in [0.05, 0.1) is 11.4 Å². The quantitative estimate of drug-likeness (QED) is 0.800. The number of hydrogen-bond acceptors (Lipinski definition) is 5. The third-order valence-corrected chi connectivity index (χ3v) is 4.02. The van der Waals surface area contributed by atoms with Crippen molar-refractivity contribution in [2.45, 2.75) is 26.4 Å². The maximum Gasteiger partial charge on any atom is 0.320 e. The molecule has 0 spiro atoms. The van der Waals surface area contributed by atoms with Crippen LogP contribution in [0.25, 0.3) is 0 Å². The monoisotopic (exact) mass is 310 g/mol. The van der Waals surface area contributed by atoms with Crippen molar-refractivity contribution in [1.82, 2.24) is 9.80 Å². The molecule has 0 radical (unpaired) electrons. The van der Waals surface area contributed by atoms with E-state index in [1.165, 1.54) is 11.3 Å². The van der Waals surface area contributed by atoms with Crippen molar-refractivity contribution in [1.29, 1.82) is 0 Å². The van der Waals surface area contributed by atoms with E-state index in [1.807, 2.05) is 48.1 Å². The zero-order valence-electron chi connectivity index (χ0n) is 12.8.